The number of nitrogens with zero attached hydrogens (tertiary/aromatic N) is 2. The molecule has 1 aromatic heterocycles. The van der Waals surface area contributed by atoms with Gasteiger partial charge in [-0.2, -0.15) is 0 Å². The van der Waals surface area contributed by atoms with E-state index in [2.05, 4.69) is 34.1 Å². The number of aryl methyl sites for hydroxylation is 1. The molecule has 3 aromatic carbocycles. The first-order valence-corrected chi connectivity index (χ1v) is 12.0. The number of fused-ring (bicyclic) bond motifs is 1. The topological polar surface area (TPSA) is 54.3 Å². The van der Waals surface area contributed by atoms with Crippen LogP contribution in [0.15, 0.2) is 72.3 Å². The fourth-order valence-electron chi connectivity index (χ4n) is 4.40. The Morgan fingerprint density at radius 3 is 2.40 bits per heavy atom. The second-order valence-corrected chi connectivity index (χ2v) is 9.36. The smallest absolute Gasteiger partial charge is 0.270 e. The highest BCUT2D eigenvalue weighted by Gasteiger charge is 2.36. The van der Waals surface area contributed by atoms with Crippen LogP contribution in [0, 0.1) is 13.8 Å². The van der Waals surface area contributed by atoms with Crippen molar-refractivity contribution in [2.75, 3.05) is 4.90 Å². The molecule has 5 rings (SSSR count). The Kier molecular flexibility index (Phi) is 5.97. The highest BCUT2D eigenvalue weighted by Crippen LogP contribution is 2.35. The minimum Gasteiger partial charge on any atom is -0.317 e. The third-order valence-electron chi connectivity index (χ3n) is 6.05. The summed E-state index contributed by atoms with van der Waals surface area (Å²) < 4.78 is 2.12. The van der Waals surface area contributed by atoms with Gasteiger partial charge in [-0.25, -0.2) is 0 Å². The number of rotatable bonds is 3. The number of halogens is 2. The Morgan fingerprint density at radius 1 is 0.914 bits per heavy atom. The van der Waals surface area contributed by atoms with Crippen LogP contribution in [0.2, 0.25) is 10.0 Å². The molecule has 0 saturated carbocycles. The number of nitrogens with one attached hydrogen (secondary N) is 1. The number of anilines is 1. The van der Waals surface area contributed by atoms with E-state index in [0.29, 0.717) is 5.69 Å². The summed E-state index contributed by atoms with van der Waals surface area (Å²) in [5.74, 6) is -1.14. The molecule has 0 unspecified atom stereocenters. The Hall–Kier alpha value is -3.45. The van der Waals surface area contributed by atoms with E-state index < -0.39 is 11.8 Å². The lowest BCUT2D eigenvalue weighted by Gasteiger charge is -2.29. The summed E-state index contributed by atoms with van der Waals surface area (Å²) in [6.07, 6.45) is 1.59. The van der Waals surface area contributed by atoms with E-state index in [4.69, 9.17) is 35.4 Å². The van der Waals surface area contributed by atoms with Crippen LogP contribution in [0.3, 0.4) is 0 Å². The average molecular weight is 520 g/mol. The fourth-order valence-corrected chi connectivity index (χ4v) is 5.06. The largest absolute Gasteiger partial charge is 0.317 e. The first kappa shape index (κ1) is 23.3. The maximum absolute atomic E-state index is 13.5. The molecule has 0 radical (unpaired) electrons. The molecule has 35 heavy (non-hydrogen) atoms. The van der Waals surface area contributed by atoms with Gasteiger partial charge >= 0.3 is 0 Å². The van der Waals surface area contributed by atoms with E-state index in [-0.39, 0.29) is 20.7 Å². The van der Waals surface area contributed by atoms with Crippen molar-refractivity contribution >= 4 is 74.9 Å². The van der Waals surface area contributed by atoms with Crippen LogP contribution < -0.4 is 10.2 Å². The molecule has 1 fully saturated rings. The number of aromatic nitrogens is 1. The van der Waals surface area contributed by atoms with Crippen molar-refractivity contribution < 1.29 is 9.59 Å². The van der Waals surface area contributed by atoms with Gasteiger partial charge in [0.2, 0.25) is 0 Å². The molecule has 1 N–H and O–H groups in total. The van der Waals surface area contributed by atoms with E-state index in [1.54, 1.807) is 24.3 Å². The predicted octanol–water partition coefficient (Wildman–Crippen LogP) is 6.39. The van der Waals surface area contributed by atoms with Crippen molar-refractivity contribution in [1.82, 2.24) is 9.88 Å². The van der Waals surface area contributed by atoms with Gasteiger partial charge in [-0.05, 0) is 67.4 Å². The molecule has 1 aliphatic rings. The average Bonchev–Trinajstić information content (AvgIpc) is 3.11. The quantitative estimate of drug-likeness (QED) is 0.194. The van der Waals surface area contributed by atoms with Crippen LogP contribution in [0.4, 0.5) is 5.69 Å². The van der Waals surface area contributed by atoms with Crippen molar-refractivity contribution in [3.05, 3.63) is 99.3 Å². The van der Waals surface area contributed by atoms with E-state index in [1.165, 1.54) is 4.90 Å². The normalized spacial score (nSPS) is 15.3. The SMILES string of the molecule is Cc1cc(C=C2C(=O)NC(=S)N(c3cccc(Cl)c3Cl)C2=O)c(C)n1-c1cccc2ccccc12. The number of carbonyl (C=O) groups excluding carboxylic acids is 2. The summed E-state index contributed by atoms with van der Waals surface area (Å²) in [4.78, 5) is 27.5. The third-order valence-corrected chi connectivity index (χ3v) is 7.15. The van der Waals surface area contributed by atoms with Crippen molar-refractivity contribution in [1.29, 1.82) is 0 Å². The van der Waals surface area contributed by atoms with E-state index in [0.717, 1.165) is 33.4 Å². The summed E-state index contributed by atoms with van der Waals surface area (Å²) in [6.45, 7) is 3.95. The maximum atomic E-state index is 13.5. The van der Waals surface area contributed by atoms with Gasteiger partial charge in [0.15, 0.2) is 5.11 Å². The van der Waals surface area contributed by atoms with Gasteiger partial charge in [-0.3, -0.25) is 19.8 Å². The lowest BCUT2D eigenvalue weighted by Crippen LogP contribution is -2.54. The highest BCUT2D eigenvalue weighted by atomic mass is 35.5. The van der Waals surface area contributed by atoms with Gasteiger partial charge in [0, 0.05) is 16.8 Å². The van der Waals surface area contributed by atoms with Gasteiger partial charge < -0.3 is 4.57 Å². The van der Waals surface area contributed by atoms with Gasteiger partial charge in [0.05, 0.1) is 21.4 Å². The second-order valence-electron chi connectivity index (χ2n) is 8.19. The number of benzene rings is 3. The minimum absolute atomic E-state index is 0.0483. The number of carbonyl (C=O) groups is 2. The Morgan fingerprint density at radius 2 is 1.60 bits per heavy atom. The lowest BCUT2D eigenvalue weighted by molar-refractivity contribution is -0.122. The summed E-state index contributed by atoms with van der Waals surface area (Å²) in [7, 11) is 0. The van der Waals surface area contributed by atoms with Gasteiger partial charge in [-0.15, -0.1) is 0 Å². The fraction of sp³-hybridized carbons (Fsp3) is 0.0741. The molecule has 0 atom stereocenters. The Bertz CT molecular complexity index is 1580. The van der Waals surface area contributed by atoms with Crippen molar-refractivity contribution in [3.63, 3.8) is 0 Å². The molecule has 0 spiro atoms. The summed E-state index contributed by atoms with van der Waals surface area (Å²) in [6, 6.07) is 21.2. The van der Waals surface area contributed by atoms with E-state index in [9.17, 15) is 9.59 Å². The third kappa shape index (κ3) is 3.93. The second kappa shape index (κ2) is 8.96. The molecule has 1 aliphatic heterocycles. The van der Waals surface area contributed by atoms with Gasteiger partial charge in [-0.1, -0.05) is 65.7 Å². The highest BCUT2D eigenvalue weighted by molar-refractivity contribution is 7.80. The summed E-state index contributed by atoms with van der Waals surface area (Å²) in [5.41, 5.74) is 3.90. The number of thiocarbonyl (C=S) groups is 1. The zero-order valence-electron chi connectivity index (χ0n) is 18.8. The van der Waals surface area contributed by atoms with Crippen LogP contribution in [-0.2, 0) is 9.59 Å². The zero-order chi connectivity index (χ0) is 24.9. The molecular weight excluding hydrogens is 501 g/mol. The minimum atomic E-state index is -0.571. The molecule has 8 heteroatoms. The molecular formula is C27H19Cl2N3O2S. The van der Waals surface area contributed by atoms with Crippen LogP contribution in [-0.4, -0.2) is 21.5 Å². The molecule has 5 nitrogen and oxygen atoms in total. The molecule has 174 valence electrons. The lowest BCUT2D eigenvalue weighted by atomic mass is 10.1. The number of hydrogen-bond acceptors (Lipinski definition) is 3. The maximum Gasteiger partial charge on any atom is 0.270 e. The standard InChI is InChI=1S/C27H19Cl2N3O2S/c1-15-13-18(16(2)31(15)22-11-5-8-17-7-3-4-9-19(17)22)14-20-25(33)30-27(35)32(26(20)34)23-12-6-10-21(28)24(23)29/h3-14H,1-2H3,(H,30,33,35). The Labute approximate surface area is 217 Å². The first-order chi connectivity index (χ1) is 16.8. The molecule has 0 bridgehead atoms. The van der Waals surface area contributed by atoms with Crippen LogP contribution in [0.1, 0.15) is 17.0 Å². The molecule has 4 aromatic rings. The molecule has 1 saturated heterocycles. The van der Waals surface area contributed by atoms with Crippen molar-refractivity contribution in [2.45, 2.75) is 13.8 Å². The van der Waals surface area contributed by atoms with Crippen LogP contribution in [0.5, 0.6) is 0 Å². The van der Waals surface area contributed by atoms with Gasteiger partial charge in [0.1, 0.15) is 5.57 Å². The first-order valence-electron chi connectivity index (χ1n) is 10.8. The Balaban J connectivity index is 1.61. The van der Waals surface area contributed by atoms with Crippen LogP contribution >= 0.6 is 35.4 Å². The van der Waals surface area contributed by atoms with E-state index >= 15 is 0 Å². The summed E-state index contributed by atoms with van der Waals surface area (Å²) in [5, 5.41) is 5.23. The monoisotopic (exact) mass is 519 g/mol. The van der Waals surface area contributed by atoms with Crippen molar-refractivity contribution in [2.24, 2.45) is 0 Å². The molecule has 2 amide bonds. The molecule has 2 heterocycles. The molecule has 0 aliphatic carbocycles. The van der Waals surface area contributed by atoms with Crippen LogP contribution in [0.25, 0.3) is 22.5 Å². The van der Waals surface area contributed by atoms with Crippen molar-refractivity contribution in [3.8, 4) is 5.69 Å². The predicted molar refractivity (Wildman–Crippen MR) is 145 cm³/mol. The van der Waals surface area contributed by atoms with Gasteiger partial charge in [0.25, 0.3) is 11.8 Å². The summed E-state index contributed by atoms with van der Waals surface area (Å²) >= 11 is 17.8. The zero-order valence-corrected chi connectivity index (χ0v) is 21.1. The number of amides is 2. The number of hydrogen-bond donors (Lipinski definition) is 1. The van der Waals surface area contributed by atoms with E-state index in [1.807, 2.05) is 38.1 Å².